The number of carbonyl (C=O) groups excluding carboxylic acids is 3. The number of rotatable bonds is 7. The van der Waals surface area contributed by atoms with Crippen LogP contribution in [0.2, 0.25) is 5.02 Å². The van der Waals surface area contributed by atoms with Gasteiger partial charge in [-0.15, -0.1) is 0 Å². The van der Waals surface area contributed by atoms with E-state index in [-0.39, 0.29) is 18.4 Å². The minimum Gasteiger partial charge on any atom is -0.349 e. The van der Waals surface area contributed by atoms with E-state index in [1.165, 1.54) is 7.05 Å². The van der Waals surface area contributed by atoms with Crippen molar-refractivity contribution in [2.24, 2.45) is 5.92 Å². The first-order valence-corrected chi connectivity index (χ1v) is 8.89. The molecular weight excluding hydrogens is 342 g/mol. The maximum absolute atomic E-state index is 12.4. The van der Waals surface area contributed by atoms with Crippen LogP contribution in [-0.4, -0.2) is 31.3 Å². The highest BCUT2D eigenvalue weighted by Gasteiger charge is 2.28. The lowest BCUT2D eigenvalue weighted by Crippen LogP contribution is -2.44. The number of nitrogens with one attached hydrogen (secondary N) is 3. The molecule has 0 aliphatic heterocycles. The zero-order chi connectivity index (χ0) is 18.2. The third-order valence-electron chi connectivity index (χ3n) is 4.51. The SMILES string of the molecule is CNC(=O)NC(C=O)CC(=O)NC(c1cccc(Cl)c1)C1CCCC1. The van der Waals surface area contributed by atoms with Gasteiger partial charge in [-0.05, 0) is 36.5 Å². The number of benzene rings is 1. The molecule has 1 aromatic rings. The summed E-state index contributed by atoms with van der Waals surface area (Å²) >= 11 is 6.10. The van der Waals surface area contributed by atoms with Gasteiger partial charge in [0.2, 0.25) is 5.91 Å². The summed E-state index contributed by atoms with van der Waals surface area (Å²) in [5.41, 5.74) is 0.967. The monoisotopic (exact) mass is 365 g/mol. The molecule has 0 radical (unpaired) electrons. The van der Waals surface area contributed by atoms with Crippen LogP contribution in [0.25, 0.3) is 0 Å². The number of hydrogen-bond acceptors (Lipinski definition) is 3. The first-order chi connectivity index (χ1) is 12.0. The molecular formula is C18H24ClN3O3. The molecule has 0 aromatic heterocycles. The Morgan fingerprint density at radius 3 is 2.60 bits per heavy atom. The third kappa shape index (κ3) is 5.74. The Morgan fingerprint density at radius 1 is 1.28 bits per heavy atom. The van der Waals surface area contributed by atoms with Crippen molar-refractivity contribution in [1.29, 1.82) is 0 Å². The maximum atomic E-state index is 12.4. The topological polar surface area (TPSA) is 87.3 Å². The minimum atomic E-state index is -0.858. The Morgan fingerprint density at radius 2 is 2.00 bits per heavy atom. The summed E-state index contributed by atoms with van der Waals surface area (Å²) in [6.45, 7) is 0. The first-order valence-electron chi connectivity index (χ1n) is 8.52. The van der Waals surface area contributed by atoms with Crippen molar-refractivity contribution in [3.63, 3.8) is 0 Å². The van der Waals surface area contributed by atoms with E-state index in [1.807, 2.05) is 18.2 Å². The van der Waals surface area contributed by atoms with Crippen molar-refractivity contribution in [1.82, 2.24) is 16.0 Å². The molecule has 1 aromatic carbocycles. The molecule has 136 valence electrons. The fraction of sp³-hybridized carbons (Fsp3) is 0.500. The van der Waals surface area contributed by atoms with Gasteiger partial charge in [0.15, 0.2) is 0 Å². The largest absolute Gasteiger partial charge is 0.349 e. The van der Waals surface area contributed by atoms with Crippen LogP contribution in [0.15, 0.2) is 24.3 Å². The second-order valence-electron chi connectivity index (χ2n) is 6.31. The summed E-state index contributed by atoms with van der Waals surface area (Å²) in [4.78, 5) is 34.9. The molecule has 7 heteroatoms. The van der Waals surface area contributed by atoms with Gasteiger partial charge in [-0.3, -0.25) is 4.79 Å². The van der Waals surface area contributed by atoms with Crippen molar-refractivity contribution in [2.45, 2.75) is 44.2 Å². The Bertz CT molecular complexity index is 617. The van der Waals surface area contributed by atoms with Crippen LogP contribution in [0.1, 0.15) is 43.7 Å². The minimum absolute atomic E-state index is 0.0965. The molecule has 3 N–H and O–H groups in total. The van der Waals surface area contributed by atoms with Crippen LogP contribution >= 0.6 is 11.6 Å². The predicted molar refractivity (Wildman–Crippen MR) is 96.4 cm³/mol. The lowest BCUT2D eigenvalue weighted by atomic mass is 9.91. The first kappa shape index (κ1) is 19.2. The van der Waals surface area contributed by atoms with Gasteiger partial charge in [-0.1, -0.05) is 36.6 Å². The molecule has 0 saturated heterocycles. The van der Waals surface area contributed by atoms with Crippen LogP contribution in [0.3, 0.4) is 0 Å². The standard InChI is InChI=1S/C18H24ClN3O3/c1-20-18(25)21-15(11-23)10-16(24)22-17(12-5-2-3-6-12)13-7-4-8-14(19)9-13/h4,7-9,11-12,15,17H,2-3,5-6,10H2,1H3,(H,22,24)(H2,20,21,25). The lowest BCUT2D eigenvalue weighted by Gasteiger charge is -2.26. The predicted octanol–water partition coefficient (Wildman–Crippen LogP) is 2.57. The van der Waals surface area contributed by atoms with E-state index in [2.05, 4.69) is 16.0 Å². The van der Waals surface area contributed by atoms with Crippen LogP contribution in [0.5, 0.6) is 0 Å². The summed E-state index contributed by atoms with van der Waals surface area (Å²) in [6, 6.07) is 6.00. The fourth-order valence-corrected chi connectivity index (χ4v) is 3.47. The van der Waals surface area contributed by atoms with Crippen LogP contribution in [0.4, 0.5) is 4.79 Å². The average Bonchev–Trinajstić information content (AvgIpc) is 3.13. The van der Waals surface area contributed by atoms with E-state index in [4.69, 9.17) is 11.6 Å². The molecule has 2 rings (SSSR count). The van der Waals surface area contributed by atoms with Gasteiger partial charge in [-0.2, -0.15) is 0 Å². The van der Waals surface area contributed by atoms with Gasteiger partial charge in [0, 0.05) is 12.1 Å². The molecule has 6 nitrogen and oxygen atoms in total. The third-order valence-corrected chi connectivity index (χ3v) is 4.74. The molecule has 25 heavy (non-hydrogen) atoms. The highest BCUT2D eigenvalue weighted by atomic mass is 35.5. The van der Waals surface area contributed by atoms with E-state index in [0.29, 0.717) is 17.2 Å². The molecule has 2 unspecified atom stereocenters. The van der Waals surface area contributed by atoms with Crippen LogP contribution in [0, 0.1) is 5.92 Å². The number of halogens is 1. The van der Waals surface area contributed by atoms with Gasteiger partial charge >= 0.3 is 6.03 Å². The molecule has 0 spiro atoms. The smallest absolute Gasteiger partial charge is 0.315 e. The Labute approximate surface area is 152 Å². The molecule has 1 saturated carbocycles. The van der Waals surface area contributed by atoms with Crippen LogP contribution in [-0.2, 0) is 9.59 Å². The summed E-state index contributed by atoms with van der Waals surface area (Å²) in [6.07, 6.45) is 4.86. The molecule has 1 fully saturated rings. The quantitative estimate of drug-likeness (QED) is 0.649. The maximum Gasteiger partial charge on any atom is 0.315 e. The fourth-order valence-electron chi connectivity index (χ4n) is 3.27. The number of hydrogen-bond donors (Lipinski definition) is 3. The molecule has 1 aliphatic carbocycles. The number of aldehydes is 1. The molecule has 0 bridgehead atoms. The van der Waals surface area contributed by atoms with E-state index >= 15 is 0 Å². The summed E-state index contributed by atoms with van der Waals surface area (Å²) in [7, 11) is 1.45. The van der Waals surface area contributed by atoms with Crippen molar-refractivity contribution >= 4 is 29.8 Å². The van der Waals surface area contributed by atoms with Crippen molar-refractivity contribution in [3.05, 3.63) is 34.9 Å². The zero-order valence-corrected chi connectivity index (χ0v) is 15.0. The highest BCUT2D eigenvalue weighted by molar-refractivity contribution is 6.30. The normalized spacial score (nSPS) is 16.7. The zero-order valence-electron chi connectivity index (χ0n) is 14.3. The highest BCUT2D eigenvalue weighted by Crippen LogP contribution is 2.36. The Kier molecular flexibility index (Phi) is 7.25. The molecule has 1 aliphatic rings. The lowest BCUT2D eigenvalue weighted by molar-refractivity contribution is -0.124. The van der Waals surface area contributed by atoms with E-state index < -0.39 is 12.1 Å². The van der Waals surface area contributed by atoms with Crippen LogP contribution < -0.4 is 16.0 Å². The summed E-state index contributed by atoms with van der Waals surface area (Å²) in [5.74, 6) is 0.0781. The summed E-state index contributed by atoms with van der Waals surface area (Å²) < 4.78 is 0. The van der Waals surface area contributed by atoms with E-state index in [0.717, 1.165) is 31.2 Å². The number of urea groups is 1. The molecule has 0 heterocycles. The molecule has 2 atom stereocenters. The second-order valence-corrected chi connectivity index (χ2v) is 6.75. The number of carbonyl (C=O) groups is 3. The molecule has 3 amide bonds. The van der Waals surface area contributed by atoms with Gasteiger partial charge in [0.25, 0.3) is 0 Å². The van der Waals surface area contributed by atoms with E-state index in [9.17, 15) is 14.4 Å². The Balaban J connectivity index is 2.06. The van der Waals surface area contributed by atoms with Gasteiger partial charge in [0.1, 0.15) is 6.29 Å². The summed E-state index contributed by atoms with van der Waals surface area (Å²) in [5, 5.41) is 8.46. The number of amides is 3. The average molecular weight is 366 g/mol. The van der Waals surface area contributed by atoms with Crippen molar-refractivity contribution in [2.75, 3.05) is 7.05 Å². The second kappa shape index (κ2) is 9.42. The van der Waals surface area contributed by atoms with Crippen molar-refractivity contribution < 1.29 is 14.4 Å². The van der Waals surface area contributed by atoms with Gasteiger partial charge in [-0.25, -0.2) is 4.79 Å². The van der Waals surface area contributed by atoms with Gasteiger partial charge < -0.3 is 20.7 Å². The van der Waals surface area contributed by atoms with Crippen molar-refractivity contribution in [3.8, 4) is 0 Å². The van der Waals surface area contributed by atoms with Gasteiger partial charge in [0.05, 0.1) is 18.5 Å². The Hall–Kier alpha value is -2.08. The van der Waals surface area contributed by atoms with E-state index in [1.54, 1.807) is 6.07 Å².